The van der Waals surface area contributed by atoms with Gasteiger partial charge in [-0.05, 0) is 31.5 Å². The molecule has 1 aromatic carbocycles. The van der Waals surface area contributed by atoms with Gasteiger partial charge in [-0.2, -0.15) is 0 Å². The quantitative estimate of drug-likeness (QED) is 0.378. The maximum Gasteiger partial charge on any atom is 0.200 e. The Bertz CT molecular complexity index is 355. The summed E-state index contributed by atoms with van der Waals surface area (Å²) in [6.07, 6.45) is 2.41. The SMILES string of the molecule is NCCCC[C@@H](N)c1ccc(O)c(O)c1O. The molecule has 1 aromatic rings. The summed E-state index contributed by atoms with van der Waals surface area (Å²) >= 11 is 0. The first-order valence-corrected chi connectivity index (χ1v) is 5.27. The largest absolute Gasteiger partial charge is 0.504 e. The molecule has 5 nitrogen and oxygen atoms in total. The molecule has 0 bridgehead atoms. The van der Waals surface area contributed by atoms with Crippen molar-refractivity contribution in [1.29, 1.82) is 0 Å². The van der Waals surface area contributed by atoms with Crippen LogP contribution in [-0.4, -0.2) is 21.9 Å². The second-order valence-corrected chi connectivity index (χ2v) is 3.76. The van der Waals surface area contributed by atoms with Gasteiger partial charge in [0.2, 0.25) is 5.75 Å². The molecule has 0 aliphatic carbocycles. The van der Waals surface area contributed by atoms with Gasteiger partial charge >= 0.3 is 0 Å². The molecular formula is C11H18N2O3. The van der Waals surface area contributed by atoms with Crippen LogP contribution in [0.25, 0.3) is 0 Å². The van der Waals surface area contributed by atoms with Crippen LogP contribution in [0.15, 0.2) is 12.1 Å². The van der Waals surface area contributed by atoms with Crippen molar-refractivity contribution in [2.75, 3.05) is 6.54 Å². The summed E-state index contributed by atoms with van der Waals surface area (Å²) < 4.78 is 0. The van der Waals surface area contributed by atoms with Crippen LogP contribution >= 0.6 is 0 Å². The van der Waals surface area contributed by atoms with E-state index in [2.05, 4.69) is 0 Å². The molecule has 0 heterocycles. The van der Waals surface area contributed by atoms with Crippen molar-refractivity contribution in [2.45, 2.75) is 25.3 Å². The summed E-state index contributed by atoms with van der Waals surface area (Å²) in [5, 5.41) is 28.1. The highest BCUT2D eigenvalue weighted by molar-refractivity contribution is 5.53. The average molecular weight is 226 g/mol. The standard InChI is InChI=1S/C11H18N2O3/c12-6-2-1-3-8(13)7-4-5-9(14)11(16)10(7)15/h4-5,8,14-16H,1-3,6,12-13H2/t8-/m1/s1. The molecule has 7 N–H and O–H groups in total. The van der Waals surface area contributed by atoms with Gasteiger partial charge in [-0.1, -0.05) is 6.42 Å². The molecule has 0 aromatic heterocycles. The number of hydrogen-bond donors (Lipinski definition) is 5. The minimum Gasteiger partial charge on any atom is -0.504 e. The maximum atomic E-state index is 9.59. The molecule has 1 atom stereocenters. The molecular weight excluding hydrogens is 208 g/mol. The summed E-state index contributed by atoms with van der Waals surface area (Å²) in [6.45, 7) is 0.611. The van der Waals surface area contributed by atoms with E-state index in [1.807, 2.05) is 0 Å². The number of hydrogen-bond acceptors (Lipinski definition) is 5. The van der Waals surface area contributed by atoms with Crippen molar-refractivity contribution < 1.29 is 15.3 Å². The van der Waals surface area contributed by atoms with E-state index in [0.717, 1.165) is 12.8 Å². The number of aromatic hydroxyl groups is 3. The van der Waals surface area contributed by atoms with E-state index in [4.69, 9.17) is 16.6 Å². The lowest BCUT2D eigenvalue weighted by atomic mass is 10.0. The Balaban J connectivity index is 2.76. The zero-order valence-corrected chi connectivity index (χ0v) is 9.06. The first-order chi connectivity index (χ1) is 7.57. The number of phenolic OH excluding ortho intramolecular Hbond substituents is 3. The lowest BCUT2D eigenvalue weighted by Gasteiger charge is -2.14. The van der Waals surface area contributed by atoms with Gasteiger partial charge in [0.25, 0.3) is 0 Å². The number of phenols is 3. The van der Waals surface area contributed by atoms with Crippen LogP contribution in [0, 0.1) is 0 Å². The van der Waals surface area contributed by atoms with Crippen LogP contribution in [0.5, 0.6) is 17.2 Å². The Morgan fingerprint density at radius 2 is 1.75 bits per heavy atom. The van der Waals surface area contributed by atoms with Crippen LogP contribution in [0.4, 0.5) is 0 Å². The monoisotopic (exact) mass is 226 g/mol. The predicted octanol–water partition coefficient (Wildman–Crippen LogP) is 0.932. The third-order valence-corrected chi connectivity index (χ3v) is 2.53. The highest BCUT2D eigenvalue weighted by atomic mass is 16.3. The molecule has 5 heteroatoms. The summed E-state index contributed by atoms with van der Waals surface area (Å²) in [5.41, 5.74) is 11.7. The van der Waals surface area contributed by atoms with Gasteiger partial charge in [0.05, 0.1) is 0 Å². The van der Waals surface area contributed by atoms with Gasteiger partial charge in [0.15, 0.2) is 11.5 Å². The third kappa shape index (κ3) is 2.77. The molecule has 0 saturated heterocycles. The molecule has 90 valence electrons. The molecule has 1 rings (SSSR count). The van der Waals surface area contributed by atoms with Crippen LogP contribution in [0.3, 0.4) is 0 Å². The summed E-state index contributed by atoms with van der Waals surface area (Å²) in [4.78, 5) is 0. The third-order valence-electron chi connectivity index (χ3n) is 2.53. The number of benzene rings is 1. The highest BCUT2D eigenvalue weighted by Crippen LogP contribution is 2.39. The van der Waals surface area contributed by atoms with Crippen LogP contribution in [0.2, 0.25) is 0 Å². The van der Waals surface area contributed by atoms with E-state index in [0.29, 0.717) is 18.5 Å². The Kier molecular flexibility index (Phi) is 4.39. The summed E-state index contributed by atoms with van der Waals surface area (Å²) in [5.74, 6) is -1.22. The topological polar surface area (TPSA) is 113 Å². The van der Waals surface area contributed by atoms with E-state index in [9.17, 15) is 10.2 Å². The molecule has 0 unspecified atom stereocenters. The van der Waals surface area contributed by atoms with Crippen molar-refractivity contribution in [3.8, 4) is 17.2 Å². The highest BCUT2D eigenvalue weighted by Gasteiger charge is 2.16. The zero-order valence-electron chi connectivity index (χ0n) is 9.06. The molecule has 0 aliphatic heterocycles. The van der Waals surface area contributed by atoms with Crippen molar-refractivity contribution in [2.24, 2.45) is 11.5 Å². The van der Waals surface area contributed by atoms with Gasteiger partial charge in [-0.15, -0.1) is 0 Å². The second kappa shape index (κ2) is 5.58. The minimum absolute atomic E-state index is 0.347. The molecule has 0 saturated carbocycles. The molecule has 0 spiro atoms. The van der Waals surface area contributed by atoms with E-state index in [1.165, 1.54) is 12.1 Å². The maximum absolute atomic E-state index is 9.59. The van der Waals surface area contributed by atoms with E-state index in [1.54, 1.807) is 0 Å². The van der Waals surface area contributed by atoms with Crippen LogP contribution in [0.1, 0.15) is 30.9 Å². The Morgan fingerprint density at radius 1 is 1.06 bits per heavy atom. The lowest BCUT2D eigenvalue weighted by molar-refractivity contribution is 0.362. The normalized spacial score (nSPS) is 12.6. The van der Waals surface area contributed by atoms with Gasteiger partial charge in [0, 0.05) is 11.6 Å². The average Bonchev–Trinajstić information content (AvgIpc) is 2.26. The second-order valence-electron chi connectivity index (χ2n) is 3.76. The first-order valence-electron chi connectivity index (χ1n) is 5.27. The van der Waals surface area contributed by atoms with Crippen LogP contribution in [-0.2, 0) is 0 Å². The minimum atomic E-state index is -0.522. The fraction of sp³-hybridized carbons (Fsp3) is 0.455. The molecule has 0 amide bonds. The fourth-order valence-electron chi connectivity index (χ4n) is 1.55. The molecule has 0 aliphatic rings. The van der Waals surface area contributed by atoms with Crippen molar-refractivity contribution in [1.82, 2.24) is 0 Å². The lowest BCUT2D eigenvalue weighted by Crippen LogP contribution is -2.11. The summed E-state index contributed by atoms with van der Waals surface area (Å²) in [7, 11) is 0. The molecule has 16 heavy (non-hydrogen) atoms. The van der Waals surface area contributed by atoms with E-state index in [-0.39, 0.29) is 17.5 Å². The van der Waals surface area contributed by atoms with Gasteiger partial charge < -0.3 is 26.8 Å². The Hall–Kier alpha value is -1.46. The fourth-order valence-corrected chi connectivity index (χ4v) is 1.55. The first kappa shape index (κ1) is 12.6. The molecule has 0 fully saturated rings. The Morgan fingerprint density at radius 3 is 2.38 bits per heavy atom. The number of nitrogens with two attached hydrogens (primary N) is 2. The smallest absolute Gasteiger partial charge is 0.200 e. The van der Waals surface area contributed by atoms with Crippen molar-refractivity contribution in [3.63, 3.8) is 0 Å². The van der Waals surface area contributed by atoms with E-state index >= 15 is 0 Å². The van der Waals surface area contributed by atoms with Crippen molar-refractivity contribution in [3.05, 3.63) is 17.7 Å². The predicted molar refractivity (Wildman–Crippen MR) is 61.3 cm³/mol. The van der Waals surface area contributed by atoms with Gasteiger partial charge in [-0.3, -0.25) is 0 Å². The van der Waals surface area contributed by atoms with Gasteiger partial charge in [-0.25, -0.2) is 0 Å². The molecule has 0 radical (unpaired) electrons. The van der Waals surface area contributed by atoms with Crippen molar-refractivity contribution >= 4 is 0 Å². The number of rotatable bonds is 5. The zero-order chi connectivity index (χ0) is 12.1. The Labute approximate surface area is 94.3 Å². The number of unbranched alkanes of at least 4 members (excludes halogenated alkanes) is 1. The summed E-state index contributed by atoms with van der Waals surface area (Å²) in [6, 6.07) is 2.46. The van der Waals surface area contributed by atoms with Gasteiger partial charge in [0.1, 0.15) is 0 Å². The van der Waals surface area contributed by atoms with E-state index < -0.39 is 5.75 Å². The van der Waals surface area contributed by atoms with Crippen LogP contribution < -0.4 is 11.5 Å².